The number of halogens is 2. The third kappa shape index (κ3) is 4.89. The van der Waals surface area contributed by atoms with Crippen LogP contribution in [0.1, 0.15) is 28.4 Å². The van der Waals surface area contributed by atoms with Gasteiger partial charge in [0, 0.05) is 11.0 Å². The van der Waals surface area contributed by atoms with E-state index in [2.05, 4.69) is 21.2 Å². The molecule has 0 saturated carbocycles. The highest BCUT2D eigenvalue weighted by Gasteiger charge is 2.21. The van der Waals surface area contributed by atoms with Crippen molar-refractivity contribution in [2.24, 2.45) is 0 Å². The first-order chi connectivity index (χ1) is 11.4. The third-order valence-corrected chi connectivity index (χ3v) is 3.88. The van der Waals surface area contributed by atoms with Crippen LogP contribution in [0.5, 0.6) is 0 Å². The molecule has 2 rings (SSSR count). The standard InChI is InChI=1S/C18H17BrFNO3/c1-11-3-5-13(6-4-11)10-21-17(22)12(2)24-18(23)15-8-7-14(19)9-16(15)20/h3-9,12H,10H2,1-2H3,(H,21,22)/t12-/m1/s1. The van der Waals surface area contributed by atoms with E-state index in [1.165, 1.54) is 25.1 Å². The fourth-order valence-electron chi connectivity index (χ4n) is 1.97. The molecule has 0 radical (unpaired) electrons. The third-order valence-electron chi connectivity index (χ3n) is 3.39. The Hall–Kier alpha value is -2.21. The molecule has 6 heteroatoms. The van der Waals surface area contributed by atoms with Crippen LogP contribution >= 0.6 is 15.9 Å². The lowest BCUT2D eigenvalue weighted by Crippen LogP contribution is -2.35. The Morgan fingerprint density at radius 1 is 1.21 bits per heavy atom. The van der Waals surface area contributed by atoms with Crippen LogP contribution in [-0.4, -0.2) is 18.0 Å². The first-order valence-corrected chi connectivity index (χ1v) is 8.15. The van der Waals surface area contributed by atoms with Gasteiger partial charge in [-0.15, -0.1) is 0 Å². The summed E-state index contributed by atoms with van der Waals surface area (Å²) in [7, 11) is 0. The first kappa shape index (κ1) is 18.1. The molecule has 126 valence electrons. The number of hydrogen-bond acceptors (Lipinski definition) is 3. The van der Waals surface area contributed by atoms with E-state index in [4.69, 9.17) is 4.74 Å². The highest BCUT2D eigenvalue weighted by Crippen LogP contribution is 2.16. The van der Waals surface area contributed by atoms with Crippen molar-refractivity contribution in [3.8, 4) is 0 Å². The fourth-order valence-corrected chi connectivity index (χ4v) is 2.30. The van der Waals surface area contributed by atoms with Gasteiger partial charge in [-0.3, -0.25) is 4.79 Å². The molecule has 24 heavy (non-hydrogen) atoms. The van der Waals surface area contributed by atoms with Crippen LogP contribution in [-0.2, 0) is 16.1 Å². The minimum absolute atomic E-state index is 0.212. The minimum atomic E-state index is -1.02. The van der Waals surface area contributed by atoms with Crippen molar-refractivity contribution in [1.29, 1.82) is 0 Å². The Labute approximate surface area is 148 Å². The maximum absolute atomic E-state index is 13.7. The van der Waals surface area contributed by atoms with Gasteiger partial charge in [0.1, 0.15) is 5.82 Å². The van der Waals surface area contributed by atoms with E-state index in [-0.39, 0.29) is 5.56 Å². The summed E-state index contributed by atoms with van der Waals surface area (Å²) in [4.78, 5) is 23.9. The van der Waals surface area contributed by atoms with E-state index in [0.717, 1.165) is 11.1 Å². The topological polar surface area (TPSA) is 55.4 Å². The van der Waals surface area contributed by atoms with E-state index >= 15 is 0 Å². The molecule has 0 spiro atoms. The Morgan fingerprint density at radius 2 is 1.88 bits per heavy atom. The van der Waals surface area contributed by atoms with Crippen molar-refractivity contribution in [2.45, 2.75) is 26.5 Å². The number of esters is 1. The molecule has 0 aromatic heterocycles. The number of rotatable bonds is 5. The SMILES string of the molecule is Cc1ccc(CNC(=O)[C@@H](C)OC(=O)c2ccc(Br)cc2F)cc1. The fraction of sp³-hybridized carbons (Fsp3) is 0.222. The van der Waals surface area contributed by atoms with Crippen molar-refractivity contribution in [2.75, 3.05) is 0 Å². The molecule has 0 fully saturated rings. The van der Waals surface area contributed by atoms with Crippen LogP contribution in [0.2, 0.25) is 0 Å². The van der Waals surface area contributed by atoms with Gasteiger partial charge < -0.3 is 10.1 Å². The molecule has 0 aliphatic carbocycles. The molecular formula is C18H17BrFNO3. The maximum atomic E-state index is 13.7. The lowest BCUT2D eigenvalue weighted by atomic mass is 10.1. The molecule has 0 aliphatic rings. The molecule has 0 heterocycles. The number of nitrogens with one attached hydrogen (secondary N) is 1. The second-order valence-corrected chi connectivity index (χ2v) is 6.29. The predicted octanol–water partition coefficient (Wildman–Crippen LogP) is 3.76. The molecule has 2 aromatic rings. The summed E-state index contributed by atoms with van der Waals surface area (Å²) in [6.45, 7) is 3.75. The zero-order valence-corrected chi connectivity index (χ0v) is 14.9. The number of carbonyl (C=O) groups is 2. The second-order valence-electron chi connectivity index (χ2n) is 5.38. The van der Waals surface area contributed by atoms with Crippen LogP contribution in [0.3, 0.4) is 0 Å². The van der Waals surface area contributed by atoms with Crippen LogP contribution in [0, 0.1) is 12.7 Å². The van der Waals surface area contributed by atoms with Crippen molar-refractivity contribution in [3.63, 3.8) is 0 Å². The quantitative estimate of drug-likeness (QED) is 0.786. The van der Waals surface area contributed by atoms with Gasteiger partial charge in [0.25, 0.3) is 5.91 Å². The summed E-state index contributed by atoms with van der Waals surface area (Å²) >= 11 is 3.11. The number of benzene rings is 2. The van der Waals surface area contributed by atoms with Gasteiger partial charge in [-0.1, -0.05) is 45.8 Å². The highest BCUT2D eigenvalue weighted by molar-refractivity contribution is 9.10. The monoisotopic (exact) mass is 393 g/mol. The average molecular weight is 394 g/mol. The molecular weight excluding hydrogens is 377 g/mol. The van der Waals surface area contributed by atoms with Gasteiger partial charge in [0.2, 0.25) is 0 Å². The number of carbonyl (C=O) groups excluding carboxylic acids is 2. The zero-order chi connectivity index (χ0) is 17.7. The summed E-state index contributed by atoms with van der Waals surface area (Å²) in [5.74, 6) is -2.03. The van der Waals surface area contributed by atoms with Crippen molar-refractivity contribution < 1.29 is 18.7 Å². The van der Waals surface area contributed by atoms with E-state index in [9.17, 15) is 14.0 Å². The summed E-state index contributed by atoms with van der Waals surface area (Å²) in [5, 5.41) is 2.68. The predicted molar refractivity (Wildman–Crippen MR) is 92.0 cm³/mol. The first-order valence-electron chi connectivity index (χ1n) is 7.36. The van der Waals surface area contributed by atoms with Gasteiger partial charge in [-0.2, -0.15) is 0 Å². The zero-order valence-electron chi connectivity index (χ0n) is 13.3. The Balaban J connectivity index is 1.90. The Kier molecular flexibility index (Phi) is 6.09. The summed E-state index contributed by atoms with van der Waals surface area (Å²) in [6, 6.07) is 11.7. The van der Waals surface area contributed by atoms with Crippen molar-refractivity contribution >= 4 is 27.8 Å². The molecule has 0 aliphatic heterocycles. The Morgan fingerprint density at radius 3 is 2.50 bits per heavy atom. The number of amides is 1. The van der Waals surface area contributed by atoms with E-state index in [0.29, 0.717) is 11.0 Å². The molecule has 1 amide bonds. The summed E-state index contributed by atoms with van der Waals surface area (Å²) in [5.41, 5.74) is 1.85. The highest BCUT2D eigenvalue weighted by atomic mass is 79.9. The van der Waals surface area contributed by atoms with Crippen molar-refractivity contribution in [3.05, 3.63) is 69.4 Å². The molecule has 0 saturated heterocycles. The van der Waals surface area contributed by atoms with Crippen LogP contribution in [0.25, 0.3) is 0 Å². The van der Waals surface area contributed by atoms with Gasteiger partial charge >= 0.3 is 5.97 Å². The average Bonchev–Trinajstić information content (AvgIpc) is 2.53. The molecule has 2 aromatic carbocycles. The lowest BCUT2D eigenvalue weighted by Gasteiger charge is -2.14. The Bertz CT molecular complexity index is 746. The molecule has 1 N–H and O–H groups in total. The molecule has 4 nitrogen and oxygen atoms in total. The van der Waals surface area contributed by atoms with Gasteiger partial charge in [-0.05, 0) is 37.6 Å². The number of hydrogen-bond donors (Lipinski definition) is 1. The number of ether oxygens (including phenoxy) is 1. The van der Waals surface area contributed by atoms with Gasteiger partial charge in [0.05, 0.1) is 5.56 Å². The molecule has 0 bridgehead atoms. The summed E-state index contributed by atoms with van der Waals surface area (Å²) in [6.07, 6.45) is -1.02. The van der Waals surface area contributed by atoms with Gasteiger partial charge in [0.15, 0.2) is 6.10 Å². The minimum Gasteiger partial charge on any atom is -0.449 e. The smallest absolute Gasteiger partial charge is 0.341 e. The van der Waals surface area contributed by atoms with E-state index < -0.39 is 23.8 Å². The van der Waals surface area contributed by atoms with Crippen LogP contribution in [0.4, 0.5) is 4.39 Å². The summed E-state index contributed by atoms with van der Waals surface area (Å²) < 4.78 is 19.3. The normalized spacial score (nSPS) is 11.7. The number of aryl methyl sites for hydroxylation is 1. The van der Waals surface area contributed by atoms with Crippen molar-refractivity contribution in [1.82, 2.24) is 5.32 Å². The second kappa shape index (κ2) is 8.06. The van der Waals surface area contributed by atoms with Gasteiger partial charge in [-0.25, -0.2) is 9.18 Å². The van der Waals surface area contributed by atoms with Crippen LogP contribution in [0.15, 0.2) is 46.9 Å². The largest absolute Gasteiger partial charge is 0.449 e. The van der Waals surface area contributed by atoms with E-state index in [1.54, 1.807) is 0 Å². The maximum Gasteiger partial charge on any atom is 0.341 e. The lowest BCUT2D eigenvalue weighted by molar-refractivity contribution is -0.129. The van der Waals surface area contributed by atoms with E-state index in [1.807, 2.05) is 31.2 Å². The van der Waals surface area contributed by atoms with Crippen LogP contribution < -0.4 is 5.32 Å². The molecule has 0 unspecified atom stereocenters. The molecule has 1 atom stereocenters.